The van der Waals surface area contributed by atoms with Crippen LogP contribution in [0.15, 0.2) is 66.4 Å². The van der Waals surface area contributed by atoms with Crippen LogP contribution in [0.1, 0.15) is 60.2 Å². The van der Waals surface area contributed by atoms with Gasteiger partial charge in [-0.2, -0.15) is 0 Å². The van der Waals surface area contributed by atoms with Crippen molar-refractivity contribution < 1.29 is 15.0 Å². The van der Waals surface area contributed by atoms with Crippen molar-refractivity contribution in [2.75, 3.05) is 19.6 Å². The number of aliphatic hydroxyl groups is 1. The summed E-state index contributed by atoms with van der Waals surface area (Å²) in [6.45, 7) is 5.77. The first-order valence-corrected chi connectivity index (χ1v) is 13.8. The highest BCUT2D eigenvalue weighted by Gasteiger charge is 2.30. The summed E-state index contributed by atoms with van der Waals surface area (Å²) in [5.74, 6) is -0.856. The van der Waals surface area contributed by atoms with Gasteiger partial charge in [-0.1, -0.05) is 53.6 Å². The number of benzene rings is 2. The first-order chi connectivity index (χ1) is 18.2. The summed E-state index contributed by atoms with van der Waals surface area (Å²) in [6.07, 6.45) is 5.64. The molecule has 0 bridgehead atoms. The van der Waals surface area contributed by atoms with Crippen LogP contribution in [0, 0.1) is 0 Å². The van der Waals surface area contributed by atoms with Crippen molar-refractivity contribution in [1.29, 1.82) is 0 Å². The summed E-state index contributed by atoms with van der Waals surface area (Å²) in [7, 11) is 0. The number of carboxylic acids is 1. The number of pyridine rings is 1. The van der Waals surface area contributed by atoms with E-state index in [2.05, 4.69) is 23.1 Å². The second-order valence-electron chi connectivity index (χ2n) is 11.1. The number of hydrogen-bond acceptors (Lipinski definition) is 4. The first-order valence-electron chi connectivity index (χ1n) is 13.4. The number of carboxylic acid groups (broad SMARTS) is 1. The van der Waals surface area contributed by atoms with Crippen LogP contribution in [-0.2, 0) is 29.5 Å². The van der Waals surface area contributed by atoms with Crippen molar-refractivity contribution in [1.82, 2.24) is 9.88 Å². The summed E-state index contributed by atoms with van der Waals surface area (Å²) in [5, 5.41) is 21.2. The number of aromatic nitrogens is 1. The quantitative estimate of drug-likeness (QED) is 0.428. The molecule has 1 saturated heterocycles. The van der Waals surface area contributed by atoms with Crippen molar-refractivity contribution in [2.24, 2.45) is 0 Å². The van der Waals surface area contributed by atoms with Gasteiger partial charge >= 0.3 is 5.97 Å². The fourth-order valence-corrected chi connectivity index (χ4v) is 5.93. The molecule has 0 amide bonds. The molecule has 2 N–H and O–H groups in total. The molecular weight excluding hydrogens is 496 g/mol. The largest absolute Gasteiger partial charge is 0.481 e. The molecule has 2 aromatic carbocycles. The minimum atomic E-state index is -0.965. The van der Waals surface area contributed by atoms with Gasteiger partial charge in [-0.05, 0) is 92.0 Å². The Morgan fingerprint density at radius 1 is 1.03 bits per heavy atom. The molecule has 2 heterocycles. The Hall–Kier alpha value is -2.99. The molecule has 1 aliphatic heterocycles. The van der Waals surface area contributed by atoms with Crippen molar-refractivity contribution in [3.8, 4) is 0 Å². The Kier molecular flexibility index (Phi) is 7.71. The molecule has 38 heavy (non-hydrogen) atoms. The first kappa shape index (κ1) is 26.6. The van der Waals surface area contributed by atoms with Crippen molar-refractivity contribution in [3.05, 3.63) is 105 Å². The predicted molar refractivity (Wildman–Crippen MR) is 152 cm³/mol. The molecule has 5 nitrogen and oxygen atoms in total. The standard InChI is InChI=1S/C32H35ClN2O3/c1-32(2,31(37)38)25-7-3-5-21(17-25)18-27(36)20-35-15-12-22(13-16-35)29-28-11-10-26(33)19-24(28)9-8-23-6-4-14-34-30(23)29/h3-7,10-11,14,17,19,27,36H,8-9,12-13,15-16,18,20H2,1-2H3,(H,37,38). The highest BCUT2D eigenvalue weighted by Crippen LogP contribution is 2.38. The molecule has 1 unspecified atom stereocenters. The highest BCUT2D eigenvalue weighted by atomic mass is 35.5. The molecule has 1 atom stereocenters. The summed E-state index contributed by atoms with van der Waals surface area (Å²) >= 11 is 6.36. The summed E-state index contributed by atoms with van der Waals surface area (Å²) < 4.78 is 0. The highest BCUT2D eigenvalue weighted by molar-refractivity contribution is 6.30. The molecule has 3 aromatic rings. The number of β-amino-alcohol motifs (C(OH)–C–C–N with tert-alkyl or cyclic N) is 1. The van der Waals surface area contributed by atoms with Crippen LogP contribution in [0.5, 0.6) is 0 Å². The fourth-order valence-electron chi connectivity index (χ4n) is 5.73. The Bertz CT molecular complexity index is 1370. The van der Waals surface area contributed by atoms with Gasteiger partial charge in [0.1, 0.15) is 0 Å². The number of aliphatic carboxylic acids is 1. The molecular formula is C32H35ClN2O3. The van der Waals surface area contributed by atoms with Crippen LogP contribution in [0.3, 0.4) is 0 Å². The maximum Gasteiger partial charge on any atom is 0.313 e. The van der Waals surface area contributed by atoms with Gasteiger partial charge in [0.05, 0.1) is 17.2 Å². The molecule has 1 aromatic heterocycles. The number of fused-ring (bicyclic) bond motifs is 2. The fraction of sp³-hybridized carbons (Fsp3) is 0.375. The van der Waals surface area contributed by atoms with Crippen LogP contribution >= 0.6 is 11.6 Å². The third-order valence-corrected chi connectivity index (χ3v) is 8.30. The van der Waals surface area contributed by atoms with Crippen molar-refractivity contribution in [3.63, 3.8) is 0 Å². The summed E-state index contributed by atoms with van der Waals surface area (Å²) in [5.41, 5.74) is 8.35. The van der Waals surface area contributed by atoms with E-state index in [1.54, 1.807) is 13.8 Å². The molecule has 1 fully saturated rings. The lowest BCUT2D eigenvalue weighted by atomic mass is 9.83. The molecule has 0 radical (unpaired) electrons. The minimum Gasteiger partial charge on any atom is -0.481 e. The Morgan fingerprint density at radius 2 is 1.79 bits per heavy atom. The Balaban J connectivity index is 1.30. The van der Waals surface area contributed by atoms with Gasteiger partial charge < -0.3 is 15.1 Å². The second kappa shape index (κ2) is 11.0. The lowest BCUT2D eigenvalue weighted by Gasteiger charge is -2.31. The van der Waals surface area contributed by atoms with Gasteiger partial charge in [0, 0.05) is 36.4 Å². The topological polar surface area (TPSA) is 73.7 Å². The molecule has 0 spiro atoms. The minimum absolute atomic E-state index is 0.499. The van der Waals surface area contributed by atoms with Crippen LogP contribution in [0.2, 0.25) is 5.02 Å². The van der Waals surface area contributed by atoms with Crippen LogP contribution in [-0.4, -0.2) is 51.8 Å². The van der Waals surface area contributed by atoms with E-state index >= 15 is 0 Å². The van der Waals surface area contributed by atoms with E-state index < -0.39 is 17.5 Å². The molecule has 1 aliphatic carbocycles. The maximum absolute atomic E-state index is 11.7. The Morgan fingerprint density at radius 3 is 2.55 bits per heavy atom. The third kappa shape index (κ3) is 5.56. The lowest BCUT2D eigenvalue weighted by molar-refractivity contribution is -0.142. The monoisotopic (exact) mass is 530 g/mol. The van der Waals surface area contributed by atoms with Gasteiger partial charge in [0.25, 0.3) is 0 Å². The van der Waals surface area contributed by atoms with E-state index in [1.807, 2.05) is 42.6 Å². The van der Waals surface area contributed by atoms with Crippen molar-refractivity contribution >= 4 is 23.1 Å². The zero-order valence-electron chi connectivity index (χ0n) is 22.1. The third-order valence-electron chi connectivity index (χ3n) is 8.07. The van der Waals surface area contributed by atoms with Gasteiger partial charge in [0.2, 0.25) is 0 Å². The van der Waals surface area contributed by atoms with Gasteiger partial charge in [-0.15, -0.1) is 0 Å². The number of hydrogen-bond donors (Lipinski definition) is 2. The van der Waals surface area contributed by atoms with E-state index in [9.17, 15) is 15.0 Å². The number of likely N-dealkylation sites (tertiary alicyclic amines) is 1. The molecule has 198 valence electrons. The van der Waals surface area contributed by atoms with Gasteiger partial charge in [-0.3, -0.25) is 9.78 Å². The number of aliphatic hydroxyl groups excluding tert-OH is 1. The van der Waals surface area contributed by atoms with E-state index in [-0.39, 0.29) is 0 Å². The van der Waals surface area contributed by atoms with Gasteiger partial charge in [-0.25, -0.2) is 0 Å². The summed E-state index contributed by atoms with van der Waals surface area (Å²) in [6, 6.07) is 18.0. The van der Waals surface area contributed by atoms with Crippen LogP contribution in [0.4, 0.5) is 0 Å². The predicted octanol–water partition coefficient (Wildman–Crippen LogP) is 5.70. The molecule has 5 rings (SSSR count). The molecule has 0 saturated carbocycles. The van der Waals surface area contributed by atoms with Gasteiger partial charge in [0.15, 0.2) is 0 Å². The SMILES string of the molecule is CC(C)(C(=O)O)c1cccc(CC(O)CN2CCC(=C3c4ccc(Cl)cc4CCc4cccnc43)CC2)c1. The molecule has 6 heteroatoms. The number of aryl methyl sites for hydroxylation is 2. The maximum atomic E-state index is 11.7. The van der Waals surface area contributed by atoms with Crippen LogP contribution in [0.25, 0.3) is 5.57 Å². The summed E-state index contributed by atoms with van der Waals surface area (Å²) in [4.78, 5) is 18.8. The number of nitrogens with zero attached hydrogens (tertiary/aromatic N) is 2. The number of piperidine rings is 1. The van der Waals surface area contributed by atoms with E-state index in [0.29, 0.717) is 13.0 Å². The number of halogens is 1. The number of rotatable bonds is 6. The zero-order valence-corrected chi connectivity index (χ0v) is 22.8. The van der Waals surface area contributed by atoms with Crippen molar-refractivity contribution in [2.45, 2.75) is 57.5 Å². The van der Waals surface area contributed by atoms with E-state index in [4.69, 9.17) is 16.6 Å². The van der Waals surface area contributed by atoms with E-state index in [1.165, 1.54) is 27.8 Å². The average Bonchev–Trinajstić information content (AvgIpc) is 3.06. The molecule has 2 aliphatic rings. The smallest absolute Gasteiger partial charge is 0.313 e. The number of carbonyl (C=O) groups is 1. The Labute approximate surface area is 229 Å². The average molecular weight is 531 g/mol. The lowest BCUT2D eigenvalue weighted by Crippen LogP contribution is -2.38. The van der Waals surface area contributed by atoms with Crippen LogP contribution < -0.4 is 0 Å². The zero-order chi connectivity index (χ0) is 26.9. The van der Waals surface area contributed by atoms with E-state index in [0.717, 1.165) is 60.6 Å². The second-order valence-corrected chi connectivity index (χ2v) is 11.5. The normalized spacial score (nSPS) is 16.9.